The molecular formula is C21H15F3N4O. The van der Waals surface area contributed by atoms with Crippen LogP contribution in [-0.4, -0.2) is 20.5 Å². The molecule has 1 N–H and O–H groups in total. The zero-order chi connectivity index (χ0) is 20.4. The topological polar surface area (TPSA) is 59.3 Å². The van der Waals surface area contributed by atoms with E-state index in [1.807, 2.05) is 30.3 Å². The van der Waals surface area contributed by atoms with E-state index in [1.54, 1.807) is 12.1 Å². The molecule has 2 aromatic carbocycles. The molecule has 0 atom stereocenters. The number of nitrogens with zero attached hydrogens (tertiary/aromatic N) is 3. The zero-order valence-electron chi connectivity index (χ0n) is 15.0. The van der Waals surface area contributed by atoms with Crippen molar-refractivity contribution in [1.82, 2.24) is 19.9 Å². The van der Waals surface area contributed by atoms with Crippen molar-refractivity contribution in [3.63, 3.8) is 0 Å². The number of carbonyl (C=O) groups excluding carboxylic acids is 1. The average Bonchev–Trinajstić information content (AvgIpc) is 3.15. The second kappa shape index (κ2) is 7.38. The summed E-state index contributed by atoms with van der Waals surface area (Å²) in [5.41, 5.74) is 1.21. The highest BCUT2D eigenvalue weighted by Crippen LogP contribution is 2.31. The Bertz CT molecular complexity index is 1170. The largest absolute Gasteiger partial charge is 0.416 e. The predicted molar refractivity (Wildman–Crippen MR) is 101 cm³/mol. The summed E-state index contributed by atoms with van der Waals surface area (Å²) in [7, 11) is 0. The molecule has 0 aliphatic heterocycles. The third-order valence-corrected chi connectivity index (χ3v) is 4.41. The number of rotatable bonds is 4. The smallest absolute Gasteiger partial charge is 0.348 e. The number of hydrogen-bond acceptors (Lipinski definition) is 3. The highest BCUT2D eigenvalue weighted by molar-refractivity contribution is 5.94. The summed E-state index contributed by atoms with van der Waals surface area (Å²) >= 11 is 0. The molecule has 4 rings (SSSR count). The minimum Gasteiger partial charge on any atom is -0.348 e. The fourth-order valence-electron chi connectivity index (χ4n) is 2.94. The summed E-state index contributed by atoms with van der Waals surface area (Å²) in [5.74, 6) is -0.0803. The Kier molecular flexibility index (Phi) is 4.75. The van der Waals surface area contributed by atoms with Crippen LogP contribution in [0.3, 0.4) is 0 Å². The summed E-state index contributed by atoms with van der Waals surface area (Å²) in [4.78, 5) is 12.5. The lowest BCUT2D eigenvalue weighted by molar-refractivity contribution is -0.137. The Morgan fingerprint density at radius 3 is 2.52 bits per heavy atom. The molecule has 8 heteroatoms. The Morgan fingerprint density at radius 2 is 1.76 bits per heavy atom. The second-order valence-electron chi connectivity index (χ2n) is 6.42. The number of amides is 1. The molecule has 2 aromatic heterocycles. The zero-order valence-corrected chi connectivity index (χ0v) is 15.0. The first-order valence-electron chi connectivity index (χ1n) is 8.76. The van der Waals surface area contributed by atoms with Gasteiger partial charge in [-0.1, -0.05) is 42.5 Å². The van der Waals surface area contributed by atoms with Gasteiger partial charge >= 0.3 is 6.18 Å². The molecule has 0 bridgehead atoms. The summed E-state index contributed by atoms with van der Waals surface area (Å²) in [6.45, 7) is 0.361. The van der Waals surface area contributed by atoms with Crippen LogP contribution in [0.1, 0.15) is 21.5 Å². The van der Waals surface area contributed by atoms with Crippen LogP contribution in [0.15, 0.2) is 72.9 Å². The molecule has 146 valence electrons. The van der Waals surface area contributed by atoms with Crippen LogP contribution in [0.2, 0.25) is 0 Å². The number of hydrogen-bond donors (Lipinski definition) is 1. The van der Waals surface area contributed by atoms with E-state index in [0.29, 0.717) is 17.8 Å². The number of aromatic nitrogens is 3. The summed E-state index contributed by atoms with van der Waals surface area (Å²) < 4.78 is 40.6. The molecule has 29 heavy (non-hydrogen) atoms. The van der Waals surface area contributed by atoms with E-state index >= 15 is 0 Å². The van der Waals surface area contributed by atoms with Crippen LogP contribution in [0, 0.1) is 0 Å². The highest BCUT2D eigenvalue weighted by atomic mass is 19.4. The monoisotopic (exact) mass is 396 g/mol. The van der Waals surface area contributed by atoms with Crippen molar-refractivity contribution in [1.29, 1.82) is 0 Å². The maximum Gasteiger partial charge on any atom is 0.416 e. The van der Waals surface area contributed by atoms with Gasteiger partial charge in [0.25, 0.3) is 5.91 Å². The molecule has 1 amide bonds. The maximum absolute atomic E-state index is 13.0. The van der Waals surface area contributed by atoms with E-state index in [4.69, 9.17) is 0 Å². The molecule has 2 heterocycles. The number of pyridine rings is 1. The minimum absolute atomic E-state index is 0.226. The number of alkyl halides is 3. The van der Waals surface area contributed by atoms with Crippen LogP contribution in [0.25, 0.3) is 17.0 Å². The Morgan fingerprint density at radius 1 is 0.966 bits per heavy atom. The number of nitrogens with one attached hydrogen (secondary N) is 1. The molecule has 0 unspecified atom stereocenters. The Labute approximate surface area is 163 Å². The molecule has 0 aliphatic carbocycles. The highest BCUT2D eigenvalue weighted by Gasteiger charge is 2.30. The lowest BCUT2D eigenvalue weighted by Gasteiger charge is -2.09. The summed E-state index contributed by atoms with van der Waals surface area (Å²) in [6, 6.07) is 17.5. The van der Waals surface area contributed by atoms with Gasteiger partial charge in [-0.15, -0.1) is 10.2 Å². The van der Waals surface area contributed by atoms with Crippen molar-refractivity contribution in [2.24, 2.45) is 0 Å². The van der Waals surface area contributed by atoms with Crippen LogP contribution < -0.4 is 5.32 Å². The van der Waals surface area contributed by atoms with E-state index in [-0.39, 0.29) is 17.3 Å². The Balaban J connectivity index is 1.64. The fourth-order valence-corrected chi connectivity index (χ4v) is 2.94. The van der Waals surface area contributed by atoms with Gasteiger partial charge in [-0.05, 0) is 29.8 Å². The van der Waals surface area contributed by atoms with Crippen molar-refractivity contribution >= 4 is 11.6 Å². The molecule has 0 spiro atoms. The van der Waals surface area contributed by atoms with Crippen molar-refractivity contribution in [3.8, 4) is 11.4 Å². The number of carbonyl (C=O) groups is 1. The molecule has 4 aromatic rings. The van der Waals surface area contributed by atoms with Gasteiger partial charge in [0.05, 0.1) is 11.1 Å². The normalized spacial score (nSPS) is 11.6. The average molecular weight is 396 g/mol. The molecule has 0 saturated carbocycles. The first-order valence-corrected chi connectivity index (χ1v) is 8.76. The SMILES string of the molecule is O=C(NCc1ccccc1)c1ccc2nnc(-c3cccc(C(F)(F)F)c3)n2c1. The van der Waals surface area contributed by atoms with Crippen LogP contribution in [-0.2, 0) is 12.7 Å². The van der Waals surface area contributed by atoms with Crippen LogP contribution >= 0.6 is 0 Å². The molecule has 0 radical (unpaired) electrons. The number of halogens is 3. The lowest BCUT2D eigenvalue weighted by atomic mass is 10.1. The van der Waals surface area contributed by atoms with E-state index in [9.17, 15) is 18.0 Å². The lowest BCUT2D eigenvalue weighted by Crippen LogP contribution is -2.23. The standard InChI is InChI=1S/C21H15F3N4O/c22-21(23,24)17-8-4-7-15(11-17)19-27-26-18-10-9-16(13-28(18)19)20(29)25-12-14-5-2-1-3-6-14/h1-11,13H,12H2,(H,25,29). The van der Waals surface area contributed by atoms with Crippen LogP contribution in [0.5, 0.6) is 0 Å². The van der Waals surface area contributed by atoms with Crippen molar-refractivity contribution in [2.45, 2.75) is 12.7 Å². The van der Waals surface area contributed by atoms with Crippen molar-refractivity contribution in [3.05, 3.63) is 89.6 Å². The molecule has 0 fully saturated rings. The first kappa shape index (κ1) is 18.7. The third-order valence-electron chi connectivity index (χ3n) is 4.41. The number of benzene rings is 2. The molecular weight excluding hydrogens is 381 g/mol. The fraction of sp³-hybridized carbons (Fsp3) is 0.0952. The quantitative estimate of drug-likeness (QED) is 0.558. The first-order chi connectivity index (χ1) is 13.9. The van der Waals surface area contributed by atoms with Gasteiger partial charge in [-0.2, -0.15) is 13.2 Å². The van der Waals surface area contributed by atoms with Gasteiger partial charge in [-0.25, -0.2) is 0 Å². The van der Waals surface area contributed by atoms with E-state index in [0.717, 1.165) is 17.7 Å². The second-order valence-corrected chi connectivity index (χ2v) is 6.42. The van der Waals surface area contributed by atoms with Gasteiger partial charge in [0.2, 0.25) is 0 Å². The van der Waals surface area contributed by atoms with Gasteiger partial charge in [0.1, 0.15) is 0 Å². The summed E-state index contributed by atoms with van der Waals surface area (Å²) in [5, 5.41) is 10.8. The molecule has 0 saturated heterocycles. The van der Waals surface area contributed by atoms with Gasteiger partial charge in [0, 0.05) is 18.3 Å². The van der Waals surface area contributed by atoms with Crippen LogP contribution in [0.4, 0.5) is 13.2 Å². The van der Waals surface area contributed by atoms with E-state index in [2.05, 4.69) is 15.5 Å². The summed E-state index contributed by atoms with van der Waals surface area (Å²) in [6.07, 6.45) is -2.94. The van der Waals surface area contributed by atoms with Gasteiger partial charge < -0.3 is 5.32 Å². The maximum atomic E-state index is 13.0. The van der Waals surface area contributed by atoms with E-state index in [1.165, 1.54) is 22.7 Å². The minimum atomic E-state index is -4.46. The number of fused-ring (bicyclic) bond motifs is 1. The van der Waals surface area contributed by atoms with Gasteiger partial charge in [0.15, 0.2) is 11.5 Å². The predicted octanol–water partition coefficient (Wildman–Crippen LogP) is 4.35. The third kappa shape index (κ3) is 3.96. The molecule has 5 nitrogen and oxygen atoms in total. The Hall–Kier alpha value is -3.68. The van der Waals surface area contributed by atoms with E-state index < -0.39 is 11.7 Å². The van der Waals surface area contributed by atoms with Gasteiger partial charge in [-0.3, -0.25) is 9.20 Å². The van der Waals surface area contributed by atoms with Crippen molar-refractivity contribution < 1.29 is 18.0 Å². The van der Waals surface area contributed by atoms with Crippen molar-refractivity contribution in [2.75, 3.05) is 0 Å². The molecule has 0 aliphatic rings.